The van der Waals surface area contributed by atoms with Gasteiger partial charge in [-0.3, -0.25) is 0 Å². The molecule has 1 aromatic heterocycles. The maximum atomic E-state index is 15.2. The second kappa shape index (κ2) is 8.05. The minimum Gasteiger partial charge on any atom is -0.444 e. The van der Waals surface area contributed by atoms with Crippen molar-refractivity contribution in [2.75, 3.05) is 18.0 Å². The molecule has 0 aliphatic carbocycles. The third-order valence-electron chi connectivity index (χ3n) is 5.32. The lowest BCUT2D eigenvalue weighted by Crippen LogP contribution is -2.53. The van der Waals surface area contributed by atoms with Gasteiger partial charge in [0.05, 0.1) is 23.3 Å². The van der Waals surface area contributed by atoms with Gasteiger partial charge in [0.1, 0.15) is 17.6 Å². The molecule has 1 amide bonds. The van der Waals surface area contributed by atoms with Gasteiger partial charge in [0, 0.05) is 29.7 Å². The van der Waals surface area contributed by atoms with Gasteiger partial charge in [-0.1, -0.05) is 0 Å². The molecule has 8 nitrogen and oxygen atoms in total. The zero-order valence-electron chi connectivity index (χ0n) is 18.0. The normalized spacial score (nSPS) is 21.0. The van der Waals surface area contributed by atoms with E-state index >= 15 is 4.39 Å². The van der Waals surface area contributed by atoms with Crippen LogP contribution in [0.25, 0.3) is 10.9 Å². The SMILES string of the molecule is Cc1[nH]c2c(C(N)O)cc(F)c(N3C[C@H](O)C[C@H](NC(=O)OC(C)(C)C)C3)c2c1C. The average molecular weight is 423 g/mol. The van der Waals surface area contributed by atoms with Crippen molar-refractivity contribution in [2.45, 2.75) is 65.0 Å². The molecular weight excluding hydrogens is 391 g/mol. The Morgan fingerprint density at radius 2 is 2.07 bits per heavy atom. The van der Waals surface area contributed by atoms with Gasteiger partial charge in [-0.2, -0.15) is 0 Å². The van der Waals surface area contributed by atoms with Crippen molar-refractivity contribution < 1.29 is 24.1 Å². The van der Waals surface area contributed by atoms with Gasteiger partial charge in [0.25, 0.3) is 0 Å². The Hall–Kier alpha value is -2.36. The molecule has 0 saturated carbocycles. The van der Waals surface area contributed by atoms with Crippen LogP contribution in [0, 0.1) is 19.7 Å². The molecule has 1 fully saturated rings. The number of H-pyrrole nitrogens is 1. The lowest BCUT2D eigenvalue weighted by atomic mass is 9.99. The number of alkyl carbamates (subject to hydrolysis) is 1. The molecule has 9 heteroatoms. The van der Waals surface area contributed by atoms with E-state index in [1.165, 1.54) is 6.07 Å². The predicted molar refractivity (Wildman–Crippen MR) is 113 cm³/mol. The Kier molecular flexibility index (Phi) is 5.99. The molecular formula is C21H31FN4O4. The van der Waals surface area contributed by atoms with Crippen molar-refractivity contribution >= 4 is 22.7 Å². The first-order valence-electron chi connectivity index (χ1n) is 10.0. The van der Waals surface area contributed by atoms with Crippen molar-refractivity contribution in [3.05, 3.63) is 28.7 Å². The number of benzene rings is 1. The van der Waals surface area contributed by atoms with Crippen LogP contribution in [0.3, 0.4) is 0 Å². The number of fused-ring (bicyclic) bond motifs is 1. The number of hydrogen-bond acceptors (Lipinski definition) is 6. The van der Waals surface area contributed by atoms with Crippen molar-refractivity contribution in [1.82, 2.24) is 10.3 Å². The quantitative estimate of drug-likeness (QED) is 0.484. The summed E-state index contributed by atoms with van der Waals surface area (Å²) in [5.41, 5.74) is 7.80. The highest BCUT2D eigenvalue weighted by Crippen LogP contribution is 2.38. The van der Waals surface area contributed by atoms with E-state index in [2.05, 4.69) is 10.3 Å². The van der Waals surface area contributed by atoms with Gasteiger partial charge in [-0.15, -0.1) is 0 Å². The highest BCUT2D eigenvalue weighted by molar-refractivity contribution is 5.98. The number of amides is 1. The van der Waals surface area contributed by atoms with Gasteiger partial charge in [-0.25, -0.2) is 9.18 Å². The van der Waals surface area contributed by atoms with Gasteiger partial charge < -0.3 is 35.9 Å². The maximum Gasteiger partial charge on any atom is 0.407 e. The molecule has 0 bridgehead atoms. The van der Waals surface area contributed by atoms with Crippen LogP contribution in [0.4, 0.5) is 14.9 Å². The summed E-state index contributed by atoms with van der Waals surface area (Å²) in [7, 11) is 0. The number of nitrogens with one attached hydrogen (secondary N) is 2. The molecule has 2 heterocycles. The summed E-state index contributed by atoms with van der Waals surface area (Å²) in [6, 6.07) is 0.799. The van der Waals surface area contributed by atoms with E-state index in [9.17, 15) is 15.0 Å². The number of β-amino-alcohol motifs (C(OH)–C–C–N with tert-alkyl or cyclic N) is 1. The monoisotopic (exact) mass is 422 g/mol. The Morgan fingerprint density at radius 3 is 2.67 bits per heavy atom. The van der Waals surface area contributed by atoms with Crippen LogP contribution in [0.2, 0.25) is 0 Å². The van der Waals surface area contributed by atoms with Gasteiger partial charge >= 0.3 is 6.09 Å². The molecule has 1 aliphatic rings. The van der Waals surface area contributed by atoms with Crippen LogP contribution in [0.15, 0.2) is 6.07 Å². The van der Waals surface area contributed by atoms with E-state index in [-0.39, 0.29) is 12.1 Å². The van der Waals surface area contributed by atoms with Crippen LogP contribution in [0.5, 0.6) is 0 Å². The first-order valence-corrected chi connectivity index (χ1v) is 10.0. The fourth-order valence-corrected chi connectivity index (χ4v) is 4.00. The molecule has 1 aliphatic heterocycles. The number of aromatic nitrogens is 1. The number of piperidine rings is 1. The number of rotatable bonds is 3. The third-order valence-corrected chi connectivity index (χ3v) is 5.32. The standard InChI is InChI=1S/C21H31FN4O4/c1-10-11(2)24-17-14(19(23)28)7-15(22)18(16(10)17)26-8-12(6-13(27)9-26)25-20(29)30-21(3,4)5/h7,12-13,19,24,27-28H,6,8-9,23H2,1-5H3,(H,25,29)/t12-,13+,19?/m0/s1. The molecule has 0 radical (unpaired) electrons. The summed E-state index contributed by atoms with van der Waals surface area (Å²) in [4.78, 5) is 17.1. The second-order valence-corrected chi connectivity index (χ2v) is 9.00. The third kappa shape index (κ3) is 4.53. The van der Waals surface area contributed by atoms with Crippen LogP contribution < -0.4 is 16.0 Å². The van der Waals surface area contributed by atoms with Gasteiger partial charge in [0.2, 0.25) is 0 Å². The topological polar surface area (TPSA) is 124 Å². The van der Waals surface area contributed by atoms with E-state index in [4.69, 9.17) is 10.5 Å². The number of ether oxygens (including phenoxy) is 1. The molecule has 30 heavy (non-hydrogen) atoms. The number of halogens is 1. The van der Waals surface area contributed by atoms with Crippen molar-refractivity contribution in [3.63, 3.8) is 0 Å². The summed E-state index contributed by atoms with van der Waals surface area (Å²) in [6.07, 6.45) is -2.33. The highest BCUT2D eigenvalue weighted by atomic mass is 19.1. The highest BCUT2D eigenvalue weighted by Gasteiger charge is 2.32. The van der Waals surface area contributed by atoms with Crippen molar-refractivity contribution in [1.29, 1.82) is 0 Å². The summed E-state index contributed by atoms with van der Waals surface area (Å²) in [5.74, 6) is -0.547. The summed E-state index contributed by atoms with van der Waals surface area (Å²) in [6.45, 7) is 9.55. The number of aryl methyl sites for hydroxylation is 2. The zero-order chi connectivity index (χ0) is 22.4. The van der Waals surface area contributed by atoms with Gasteiger partial charge in [0.15, 0.2) is 0 Å². The van der Waals surface area contributed by atoms with E-state index in [0.717, 1.165) is 11.3 Å². The van der Waals surface area contributed by atoms with Gasteiger partial charge in [-0.05, 0) is 52.7 Å². The number of anilines is 1. The minimum absolute atomic E-state index is 0.215. The molecule has 2 aromatic rings. The molecule has 1 saturated heterocycles. The first-order chi connectivity index (χ1) is 13.9. The van der Waals surface area contributed by atoms with Crippen LogP contribution in [-0.4, -0.2) is 52.1 Å². The number of aliphatic hydroxyl groups excluding tert-OH is 2. The second-order valence-electron chi connectivity index (χ2n) is 9.00. The van der Waals surface area contributed by atoms with Crippen LogP contribution in [-0.2, 0) is 4.74 Å². The number of carbonyl (C=O) groups excluding carboxylic acids is 1. The lowest BCUT2D eigenvalue weighted by Gasteiger charge is -2.38. The number of aliphatic hydroxyl groups is 2. The number of hydrogen-bond donors (Lipinski definition) is 5. The summed E-state index contributed by atoms with van der Waals surface area (Å²) < 4.78 is 20.5. The maximum absolute atomic E-state index is 15.2. The van der Waals surface area contributed by atoms with E-state index in [0.29, 0.717) is 29.6 Å². The van der Waals surface area contributed by atoms with Crippen molar-refractivity contribution in [2.24, 2.45) is 5.73 Å². The molecule has 0 spiro atoms. The Bertz CT molecular complexity index is 951. The average Bonchev–Trinajstić information content (AvgIpc) is 2.87. The largest absolute Gasteiger partial charge is 0.444 e. The molecule has 1 unspecified atom stereocenters. The number of nitrogens with zero attached hydrogens (tertiary/aromatic N) is 1. The smallest absolute Gasteiger partial charge is 0.407 e. The van der Waals surface area contributed by atoms with Crippen molar-refractivity contribution in [3.8, 4) is 0 Å². The molecule has 166 valence electrons. The summed E-state index contributed by atoms with van der Waals surface area (Å²) in [5, 5.41) is 23.7. The van der Waals surface area contributed by atoms with Crippen LogP contribution in [0.1, 0.15) is 50.2 Å². The number of nitrogens with two attached hydrogens (primary N) is 1. The fourth-order valence-electron chi connectivity index (χ4n) is 4.00. The molecule has 1 aromatic carbocycles. The van der Waals surface area contributed by atoms with E-state index in [1.807, 2.05) is 13.8 Å². The zero-order valence-corrected chi connectivity index (χ0v) is 18.0. The Balaban J connectivity index is 1.97. The Morgan fingerprint density at radius 1 is 1.40 bits per heavy atom. The number of carbonyl (C=O) groups is 1. The predicted octanol–water partition coefficient (Wildman–Crippen LogP) is 2.34. The first kappa shape index (κ1) is 22.3. The lowest BCUT2D eigenvalue weighted by molar-refractivity contribution is 0.0474. The fraction of sp³-hybridized carbons (Fsp3) is 0.571. The molecule has 6 N–H and O–H groups in total. The van der Waals surface area contributed by atoms with E-state index in [1.54, 1.807) is 25.7 Å². The Labute approximate surface area is 175 Å². The minimum atomic E-state index is -1.33. The van der Waals surface area contributed by atoms with E-state index < -0.39 is 35.9 Å². The van der Waals surface area contributed by atoms with Crippen LogP contribution >= 0.6 is 0 Å². The molecule has 3 atom stereocenters. The summed E-state index contributed by atoms with van der Waals surface area (Å²) >= 11 is 0. The molecule has 3 rings (SSSR count). The number of aromatic amines is 1.